The van der Waals surface area contributed by atoms with E-state index in [1.54, 1.807) is 30.3 Å². The number of benzene rings is 2. The number of ether oxygens (including phenoxy) is 1. The van der Waals surface area contributed by atoms with E-state index in [4.69, 9.17) is 0 Å². The second kappa shape index (κ2) is 8.06. The smallest absolute Gasteiger partial charge is 0.406 e. The number of hydrogen-bond donors (Lipinski definition) is 0. The van der Waals surface area contributed by atoms with Gasteiger partial charge < -0.3 is 4.74 Å². The van der Waals surface area contributed by atoms with Crippen molar-refractivity contribution in [3.05, 3.63) is 71.1 Å². The van der Waals surface area contributed by atoms with Crippen LogP contribution in [0.25, 0.3) is 10.4 Å². The minimum absolute atomic E-state index is 0.274. The van der Waals surface area contributed by atoms with Gasteiger partial charge in [0, 0.05) is 9.75 Å². The molecular formula is C19H14F3NO2S2. The molecule has 1 atom stereocenters. The topological polar surface area (TPSA) is 38.7 Å². The van der Waals surface area contributed by atoms with Crippen molar-refractivity contribution >= 4 is 28.5 Å². The van der Waals surface area contributed by atoms with E-state index in [9.17, 15) is 17.4 Å². The normalized spacial score (nSPS) is 13.0. The van der Waals surface area contributed by atoms with E-state index in [1.165, 1.54) is 35.8 Å². The van der Waals surface area contributed by atoms with Crippen molar-refractivity contribution in [2.75, 3.05) is 0 Å². The molecule has 0 N–H and O–H groups in total. The first-order chi connectivity index (χ1) is 12.8. The minimum Gasteiger partial charge on any atom is -0.406 e. The monoisotopic (exact) mass is 409 g/mol. The van der Waals surface area contributed by atoms with Crippen molar-refractivity contribution in [3.63, 3.8) is 0 Å². The molecule has 0 bridgehead atoms. The minimum atomic E-state index is -4.73. The van der Waals surface area contributed by atoms with Gasteiger partial charge >= 0.3 is 6.36 Å². The Morgan fingerprint density at radius 3 is 2.52 bits per heavy atom. The summed E-state index contributed by atoms with van der Waals surface area (Å²) in [5.74, 6) is -0.274. The summed E-state index contributed by atoms with van der Waals surface area (Å²) in [6.07, 6.45) is -3.23. The van der Waals surface area contributed by atoms with Gasteiger partial charge in [-0.3, -0.25) is 0 Å². The lowest BCUT2D eigenvalue weighted by molar-refractivity contribution is -0.274. The van der Waals surface area contributed by atoms with E-state index in [-0.39, 0.29) is 5.75 Å². The number of nitrogens with zero attached hydrogens (tertiary/aromatic N) is 1. The fourth-order valence-electron chi connectivity index (χ4n) is 2.24. The Balaban J connectivity index is 1.74. The largest absolute Gasteiger partial charge is 0.573 e. The van der Waals surface area contributed by atoms with Gasteiger partial charge in [0.2, 0.25) is 0 Å². The van der Waals surface area contributed by atoms with Crippen LogP contribution in [0, 0.1) is 6.92 Å². The van der Waals surface area contributed by atoms with Crippen LogP contribution in [0.4, 0.5) is 13.2 Å². The fraction of sp³-hybridized carbons (Fsp3) is 0.105. The summed E-state index contributed by atoms with van der Waals surface area (Å²) < 4.78 is 57.2. The van der Waals surface area contributed by atoms with Crippen LogP contribution >= 0.6 is 11.3 Å². The summed E-state index contributed by atoms with van der Waals surface area (Å²) >= 11 is 1.33. The van der Waals surface area contributed by atoms with Gasteiger partial charge in [0.25, 0.3) is 0 Å². The number of halogens is 3. The molecule has 8 heteroatoms. The van der Waals surface area contributed by atoms with Crippen LogP contribution in [0.2, 0.25) is 0 Å². The highest BCUT2D eigenvalue weighted by atomic mass is 32.2. The van der Waals surface area contributed by atoms with E-state index in [1.807, 2.05) is 19.1 Å². The Kier molecular flexibility index (Phi) is 5.76. The molecule has 0 aliphatic heterocycles. The lowest BCUT2D eigenvalue weighted by atomic mass is 10.2. The third-order valence-corrected chi connectivity index (χ3v) is 5.52. The first-order valence-electron chi connectivity index (χ1n) is 7.79. The summed E-state index contributed by atoms with van der Waals surface area (Å²) in [6.45, 7) is 1.94. The molecule has 3 rings (SSSR count). The Morgan fingerprint density at radius 2 is 1.81 bits per heavy atom. The van der Waals surface area contributed by atoms with Gasteiger partial charge in [0.1, 0.15) is 5.75 Å². The summed E-state index contributed by atoms with van der Waals surface area (Å²) in [5, 5.41) is 0. The van der Waals surface area contributed by atoms with E-state index >= 15 is 0 Å². The first-order valence-corrected chi connectivity index (χ1v) is 9.71. The van der Waals surface area contributed by atoms with Crippen LogP contribution in [0.1, 0.15) is 10.4 Å². The number of thiophene rings is 1. The van der Waals surface area contributed by atoms with Gasteiger partial charge in [0.05, 0.1) is 11.1 Å². The second-order valence-electron chi connectivity index (χ2n) is 5.57. The van der Waals surface area contributed by atoms with Gasteiger partial charge in [-0.2, -0.15) is 4.40 Å². The van der Waals surface area contributed by atoms with Crippen LogP contribution in [0.5, 0.6) is 5.75 Å². The zero-order valence-corrected chi connectivity index (χ0v) is 15.7. The number of rotatable bonds is 5. The maximum atomic E-state index is 12.4. The van der Waals surface area contributed by atoms with Crippen LogP contribution in [-0.2, 0) is 11.0 Å². The highest BCUT2D eigenvalue weighted by Crippen LogP contribution is 2.31. The van der Waals surface area contributed by atoms with Crippen LogP contribution in [-0.4, -0.2) is 16.8 Å². The maximum Gasteiger partial charge on any atom is 0.573 e. The van der Waals surface area contributed by atoms with E-state index in [2.05, 4.69) is 9.13 Å². The third kappa shape index (κ3) is 5.51. The van der Waals surface area contributed by atoms with Crippen LogP contribution < -0.4 is 4.74 Å². The van der Waals surface area contributed by atoms with Gasteiger partial charge in [-0.05, 0) is 48.9 Å². The molecule has 0 fully saturated rings. The highest BCUT2D eigenvalue weighted by Gasteiger charge is 2.31. The van der Waals surface area contributed by atoms with Crippen molar-refractivity contribution in [3.8, 4) is 16.2 Å². The zero-order valence-electron chi connectivity index (χ0n) is 14.1. The first kappa shape index (κ1) is 19.3. The predicted octanol–water partition coefficient (Wildman–Crippen LogP) is 5.76. The summed E-state index contributed by atoms with van der Waals surface area (Å²) in [6, 6.07) is 16.5. The number of hydrogen-bond acceptors (Lipinski definition) is 3. The van der Waals surface area contributed by atoms with Gasteiger partial charge in [-0.1, -0.05) is 29.8 Å². The molecule has 3 aromatic rings. The summed E-state index contributed by atoms with van der Waals surface area (Å²) in [5.41, 5.74) is 1.67. The average molecular weight is 409 g/mol. The molecule has 0 aliphatic carbocycles. The highest BCUT2D eigenvalue weighted by molar-refractivity contribution is 7.83. The lowest BCUT2D eigenvalue weighted by Gasteiger charge is -2.09. The molecule has 140 valence electrons. The van der Waals surface area contributed by atoms with Gasteiger partial charge in [-0.25, -0.2) is 4.21 Å². The molecule has 0 radical (unpaired) electrons. The Morgan fingerprint density at radius 1 is 1.07 bits per heavy atom. The molecule has 2 aromatic carbocycles. The average Bonchev–Trinajstić information content (AvgIpc) is 3.08. The molecule has 0 unspecified atom stereocenters. The van der Waals surface area contributed by atoms with Crippen molar-refractivity contribution in [1.82, 2.24) is 0 Å². The molecule has 3 nitrogen and oxygen atoms in total. The van der Waals surface area contributed by atoms with E-state index in [0.29, 0.717) is 10.5 Å². The summed E-state index contributed by atoms with van der Waals surface area (Å²) in [4.78, 5) is 2.10. The molecule has 0 saturated heterocycles. The van der Waals surface area contributed by atoms with Crippen LogP contribution in [0.3, 0.4) is 0 Å². The van der Waals surface area contributed by atoms with Gasteiger partial charge in [0.15, 0.2) is 11.0 Å². The molecule has 0 spiro atoms. The molecular weight excluding hydrogens is 395 g/mol. The maximum absolute atomic E-state index is 12.4. The Bertz CT molecular complexity index is 979. The number of aryl methyl sites for hydroxylation is 1. The quantitative estimate of drug-likeness (QED) is 0.502. The van der Waals surface area contributed by atoms with Crippen molar-refractivity contribution in [1.29, 1.82) is 0 Å². The SMILES string of the molecule is Cc1ccc([S@@](=O)N=Cc2ccc(-c3cccc(OC(F)(F)F)c3)s2)cc1. The predicted molar refractivity (Wildman–Crippen MR) is 102 cm³/mol. The van der Waals surface area contributed by atoms with Crippen molar-refractivity contribution in [2.24, 2.45) is 4.40 Å². The summed E-state index contributed by atoms with van der Waals surface area (Å²) in [7, 11) is -1.51. The molecule has 1 aromatic heterocycles. The molecule has 0 aliphatic rings. The second-order valence-corrected chi connectivity index (χ2v) is 7.87. The number of alkyl halides is 3. The molecule has 0 amide bonds. The fourth-order valence-corrected chi connectivity index (χ4v) is 3.88. The standard InChI is InChI=1S/C19H14F3NO2S2/c1-13-5-8-17(9-6-13)27(24)23-12-16-7-10-18(26-16)14-3-2-4-15(11-14)25-19(20,21)22/h2-12H,1H3/t27-/m1/s1. The molecule has 0 saturated carbocycles. The molecule has 27 heavy (non-hydrogen) atoms. The van der Waals surface area contributed by atoms with E-state index in [0.717, 1.165) is 15.3 Å². The Hall–Kier alpha value is -2.45. The van der Waals surface area contributed by atoms with E-state index < -0.39 is 17.3 Å². The van der Waals surface area contributed by atoms with Gasteiger partial charge in [-0.15, -0.1) is 24.5 Å². The van der Waals surface area contributed by atoms with Crippen molar-refractivity contribution in [2.45, 2.75) is 18.2 Å². The third-order valence-electron chi connectivity index (χ3n) is 3.48. The molecule has 1 heterocycles. The van der Waals surface area contributed by atoms with Crippen LogP contribution in [0.15, 0.2) is 70.0 Å². The lowest BCUT2D eigenvalue weighted by Crippen LogP contribution is -2.17. The Labute approximate surface area is 160 Å². The zero-order chi connectivity index (χ0) is 19.4. The van der Waals surface area contributed by atoms with Crippen molar-refractivity contribution < 1.29 is 22.1 Å².